The molecule has 1 heterocycles. The van der Waals surface area contributed by atoms with Crippen molar-refractivity contribution >= 4 is 29.4 Å². The number of hydrogen-bond donors (Lipinski definition) is 2. The van der Waals surface area contributed by atoms with E-state index in [9.17, 15) is 23.6 Å². The van der Waals surface area contributed by atoms with Crippen molar-refractivity contribution in [3.05, 3.63) is 65.5 Å². The fraction of sp³-hybridized carbons (Fsp3) is 0.273. The van der Waals surface area contributed by atoms with Gasteiger partial charge in [-0.1, -0.05) is 24.3 Å². The van der Waals surface area contributed by atoms with Gasteiger partial charge in [0.15, 0.2) is 0 Å². The number of primary amides is 1. The molecule has 2 aromatic rings. The minimum absolute atomic E-state index is 0.0581. The number of urea groups is 1. The van der Waals surface area contributed by atoms with E-state index in [1.807, 2.05) is 18.2 Å². The number of nitrogens with two attached hydrogens (primary N) is 1. The highest BCUT2D eigenvalue weighted by molar-refractivity contribution is 6.11. The van der Waals surface area contributed by atoms with E-state index in [2.05, 4.69) is 5.32 Å². The lowest BCUT2D eigenvalue weighted by Crippen LogP contribution is -2.45. The second kappa shape index (κ2) is 7.82. The van der Waals surface area contributed by atoms with E-state index < -0.39 is 41.7 Å². The van der Waals surface area contributed by atoms with Crippen LogP contribution in [0.4, 0.5) is 14.9 Å². The standard InChI is InChI=1S/C22H21FN4O4/c23-15-5-7-16(8-6-15)26(12-10-18(24)28)19(29)13-27-20(30)22(25-21(27)31)11-9-14-3-1-2-4-17(14)22/h1-8H,9-13H2,(H2,24,28)(H,25,31). The maximum Gasteiger partial charge on any atom is 0.325 e. The Morgan fingerprint density at radius 3 is 2.55 bits per heavy atom. The number of nitrogens with one attached hydrogen (secondary N) is 1. The number of anilines is 1. The predicted octanol–water partition coefficient (Wildman–Crippen LogP) is 1.43. The lowest BCUT2D eigenvalue weighted by molar-refractivity contribution is -0.134. The Bertz CT molecular complexity index is 1070. The van der Waals surface area contributed by atoms with Crippen molar-refractivity contribution in [2.45, 2.75) is 24.8 Å². The number of halogens is 1. The first-order valence-corrected chi connectivity index (χ1v) is 9.88. The summed E-state index contributed by atoms with van der Waals surface area (Å²) in [6.07, 6.45) is 0.940. The van der Waals surface area contributed by atoms with Crippen molar-refractivity contribution < 1.29 is 23.6 Å². The molecule has 31 heavy (non-hydrogen) atoms. The predicted molar refractivity (Wildman–Crippen MR) is 109 cm³/mol. The van der Waals surface area contributed by atoms with Gasteiger partial charge in [-0.3, -0.25) is 19.3 Å². The number of nitrogens with zero attached hydrogens (tertiary/aromatic N) is 2. The Balaban J connectivity index is 1.57. The van der Waals surface area contributed by atoms with Gasteiger partial charge in [-0.15, -0.1) is 0 Å². The summed E-state index contributed by atoms with van der Waals surface area (Å²) in [7, 11) is 0. The normalized spacial score (nSPS) is 19.5. The van der Waals surface area contributed by atoms with Gasteiger partial charge in [0.05, 0.1) is 0 Å². The van der Waals surface area contributed by atoms with E-state index in [-0.39, 0.29) is 13.0 Å². The Morgan fingerprint density at radius 2 is 1.84 bits per heavy atom. The van der Waals surface area contributed by atoms with Crippen molar-refractivity contribution in [2.24, 2.45) is 5.73 Å². The van der Waals surface area contributed by atoms with E-state index >= 15 is 0 Å². The molecule has 1 spiro atoms. The summed E-state index contributed by atoms with van der Waals surface area (Å²) in [6, 6.07) is 11.9. The van der Waals surface area contributed by atoms with Crippen LogP contribution in [0.3, 0.4) is 0 Å². The van der Waals surface area contributed by atoms with Crippen LogP contribution in [0.1, 0.15) is 24.0 Å². The largest absolute Gasteiger partial charge is 0.370 e. The fourth-order valence-electron chi connectivity index (χ4n) is 4.19. The maximum absolute atomic E-state index is 13.3. The highest BCUT2D eigenvalue weighted by Crippen LogP contribution is 2.41. The van der Waals surface area contributed by atoms with Crippen LogP contribution in [-0.4, -0.2) is 41.7 Å². The SMILES string of the molecule is NC(=O)CCN(C(=O)CN1C(=O)NC2(CCc3ccccc32)C1=O)c1ccc(F)cc1. The minimum atomic E-state index is -1.16. The summed E-state index contributed by atoms with van der Waals surface area (Å²) in [4.78, 5) is 52.3. The molecule has 1 unspecified atom stereocenters. The molecule has 0 saturated carbocycles. The van der Waals surface area contributed by atoms with Gasteiger partial charge in [-0.2, -0.15) is 0 Å². The van der Waals surface area contributed by atoms with Crippen LogP contribution in [0.15, 0.2) is 48.5 Å². The Morgan fingerprint density at radius 1 is 1.13 bits per heavy atom. The minimum Gasteiger partial charge on any atom is -0.370 e. The molecule has 1 atom stereocenters. The van der Waals surface area contributed by atoms with Crippen LogP contribution < -0.4 is 16.0 Å². The molecule has 0 bridgehead atoms. The number of benzene rings is 2. The van der Waals surface area contributed by atoms with Crippen LogP contribution in [-0.2, 0) is 26.3 Å². The zero-order valence-electron chi connectivity index (χ0n) is 16.6. The number of carbonyl (C=O) groups is 4. The molecule has 160 valence electrons. The van der Waals surface area contributed by atoms with Crippen molar-refractivity contribution in [2.75, 3.05) is 18.0 Å². The third-order valence-corrected chi connectivity index (χ3v) is 5.74. The van der Waals surface area contributed by atoms with Gasteiger partial charge in [0.2, 0.25) is 11.8 Å². The summed E-state index contributed by atoms with van der Waals surface area (Å²) in [5.74, 6) is -2.16. The van der Waals surface area contributed by atoms with E-state index in [0.717, 1.165) is 16.0 Å². The number of aryl methyl sites for hydroxylation is 1. The second-order valence-electron chi connectivity index (χ2n) is 7.62. The monoisotopic (exact) mass is 424 g/mol. The van der Waals surface area contributed by atoms with Gasteiger partial charge in [-0.05, 0) is 48.2 Å². The first kappa shape index (κ1) is 20.5. The van der Waals surface area contributed by atoms with Crippen molar-refractivity contribution in [3.8, 4) is 0 Å². The lowest BCUT2D eigenvalue weighted by Gasteiger charge is -2.25. The Hall–Kier alpha value is -3.75. The molecular formula is C22H21FN4O4. The molecule has 3 N–H and O–H groups in total. The molecule has 0 aromatic heterocycles. The van der Waals surface area contributed by atoms with Crippen molar-refractivity contribution in [3.63, 3.8) is 0 Å². The molecular weight excluding hydrogens is 403 g/mol. The molecule has 2 aromatic carbocycles. The molecule has 9 heteroatoms. The summed E-state index contributed by atoms with van der Waals surface area (Å²) >= 11 is 0. The number of rotatable bonds is 6. The second-order valence-corrected chi connectivity index (χ2v) is 7.62. The topological polar surface area (TPSA) is 113 Å². The van der Waals surface area contributed by atoms with Gasteiger partial charge < -0.3 is 16.0 Å². The number of amides is 5. The first-order chi connectivity index (χ1) is 14.8. The smallest absolute Gasteiger partial charge is 0.325 e. The highest BCUT2D eigenvalue weighted by Gasteiger charge is 2.55. The quantitative estimate of drug-likeness (QED) is 0.683. The molecule has 0 radical (unpaired) electrons. The third kappa shape index (κ3) is 3.63. The lowest BCUT2D eigenvalue weighted by atomic mass is 9.92. The number of carbonyl (C=O) groups excluding carboxylic acids is 4. The Labute approximate surface area is 177 Å². The average Bonchev–Trinajstić information content (AvgIpc) is 3.22. The van der Waals surface area contributed by atoms with E-state index in [1.165, 1.54) is 29.2 Å². The van der Waals surface area contributed by atoms with E-state index in [4.69, 9.17) is 5.73 Å². The molecule has 1 saturated heterocycles. The summed E-state index contributed by atoms with van der Waals surface area (Å²) in [5, 5.41) is 2.77. The zero-order valence-corrected chi connectivity index (χ0v) is 16.6. The molecule has 4 rings (SSSR count). The summed E-state index contributed by atoms with van der Waals surface area (Å²) in [6.45, 7) is -0.567. The van der Waals surface area contributed by atoms with Gasteiger partial charge in [0, 0.05) is 18.7 Å². The van der Waals surface area contributed by atoms with Crippen LogP contribution in [0.2, 0.25) is 0 Å². The fourth-order valence-corrected chi connectivity index (χ4v) is 4.19. The summed E-state index contributed by atoms with van der Waals surface area (Å²) < 4.78 is 13.3. The van der Waals surface area contributed by atoms with E-state index in [1.54, 1.807) is 6.07 Å². The zero-order chi connectivity index (χ0) is 22.2. The third-order valence-electron chi connectivity index (χ3n) is 5.74. The highest BCUT2D eigenvalue weighted by atomic mass is 19.1. The Kier molecular flexibility index (Phi) is 5.18. The number of fused-ring (bicyclic) bond motifs is 2. The number of hydrogen-bond acceptors (Lipinski definition) is 4. The van der Waals surface area contributed by atoms with Crippen molar-refractivity contribution in [1.82, 2.24) is 10.2 Å². The van der Waals surface area contributed by atoms with Gasteiger partial charge in [0.1, 0.15) is 17.9 Å². The van der Waals surface area contributed by atoms with Gasteiger partial charge in [-0.25, -0.2) is 9.18 Å². The van der Waals surface area contributed by atoms with Crippen LogP contribution in [0.25, 0.3) is 0 Å². The van der Waals surface area contributed by atoms with Gasteiger partial charge >= 0.3 is 6.03 Å². The average molecular weight is 424 g/mol. The van der Waals surface area contributed by atoms with Crippen LogP contribution in [0.5, 0.6) is 0 Å². The van der Waals surface area contributed by atoms with Crippen LogP contribution in [0, 0.1) is 5.82 Å². The molecule has 1 aliphatic heterocycles. The molecule has 1 fully saturated rings. The van der Waals surface area contributed by atoms with Gasteiger partial charge in [0.25, 0.3) is 5.91 Å². The molecule has 8 nitrogen and oxygen atoms in total. The molecule has 2 aliphatic rings. The summed E-state index contributed by atoms with van der Waals surface area (Å²) in [5.41, 5.74) is 6.11. The first-order valence-electron chi connectivity index (χ1n) is 9.88. The van der Waals surface area contributed by atoms with Crippen molar-refractivity contribution in [1.29, 1.82) is 0 Å². The maximum atomic E-state index is 13.3. The molecule has 1 aliphatic carbocycles. The molecule has 5 amide bonds. The van der Waals surface area contributed by atoms with Crippen LogP contribution >= 0.6 is 0 Å². The number of imide groups is 1. The van der Waals surface area contributed by atoms with E-state index in [0.29, 0.717) is 18.5 Å².